The average Bonchev–Trinajstić information content (AvgIpc) is 2.46. The Balaban J connectivity index is 2.65. The number of aliphatic hydroxyl groups excluding tert-OH is 1. The Morgan fingerprint density at radius 3 is 2.30 bits per heavy atom. The molecule has 0 spiro atoms. The summed E-state index contributed by atoms with van der Waals surface area (Å²) in [6.07, 6.45) is -6.29. The second-order valence-corrected chi connectivity index (χ2v) is 6.80. The van der Waals surface area contributed by atoms with Crippen LogP contribution in [0.25, 0.3) is 0 Å². The van der Waals surface area contributed by atoms with E-state index in [1.807, 2.05) is 24.3 Å². The van der Waals surface area contributed by atoms with Gasteiger partial charge in [0.05, 0.1) is 0 Å². The molecule has 2 N–H and O–H groups in total. The fraction of sp³-hybridized carbons (Fsp3) is 0.529. The second-order valence-electron chi connectivity index (χ2n) is 5.88. The lowest BCUT2D eigenvalue weighted by Crippen LogP contribution is -2.38. The van der Waals surface area contributed by atoms with Crippen molar-refractivity contribution in [1.29, 1.82) is 0 Å². The summed E-state index contributed by atoms with van der Waals surface area (Å²) in [5.41, 5.74) is 2.13. The number of alkyl halides is 3. The summed E-state index contributed by atoms with van der Waals surface area (Å²) in [4.78, 5) is 0. The second kappa shape index (κ2) is 8.85. The van der Waals surface area contributed by atoms with Gasteiger partial charge in [0.15, 0.2) is 6.10 Å². The van der Waals surface area contributed by atoms with Crippen molar-refractivity contribution in [1.82, 2.24) is 5.32 Å². The molecule has 1 rings (SSSR count). The number of nitrogens with one attached hydrogen (secondary N) is 1. The smallest absolute Gasteiger partial charge is 0.382 e. The van der Waals surface area contributed by atoms with Crippen LogP contribution in [-0.4, -0.2) is 30.5 Å². The van der Waals surface area contributed by atoms with E-state index in [9.17, 15) is 13.2 Å². The third kappa shape index (κ3) is 6.65. The van der Waals surface area contributed by atoms with E-state index in [2.05, 4.69) is 41.7 Å². The summed E-state index contributed by atoms with van der Waals surface area (Å²) in [6, 6.07) is 7.87. The SMILES string of the molecule is C=C(C(C)C)[C@H](CCNCC(O)C(F)(F)F)c1ccc(Br)cc1. The largest absolute Gasteiger partial charge is 0.415 e. The molecule has 0 heterocycles. The lowest BCUT2D eigenvalue weighted by atomic mass is 9.83. The third-order valence-electron chi connectivity index (χ3n) is 3.79. The van der Waals surface area contributed by atoms with Crippen LogP contribution in [0, 0.1) is 5.92 Å². The molecule has 0 amide bonds. The maximum absolute atomic E-state index is 12.3. The number of rotatable bonds is 8. The van der Waals surface area contributed by atoms with Gasteiger partial charge in [-0.2, -0.15) is 13.2 Å². The minimum atomic E-state index is -4.58. The highest BCUT2D eigenvalue weighted by molar-refractivity contribution is 9.10. The number of aliphatic hydroxyl groups is 1. The van der Waals surface area contributed by atoms with E-state index in [1.165, 1.54) is 0 Å². The minimum absolute atomic E-state index is 0.0682. The monoisotopic (exact) mass is 393 g/mol. The van der Waals surface area contributed by atoms with Gasteiger partial charge in [0.2, 0.25) is 0 Å². The third-order valence-corrected chi connectivity index (χ3v) is 4.32. The van der Waals surface area contributed by atoms with E-state index >= 15 is 0 Å². The summed E-state index contributed by atoms with van der Waals surface area (Å²) in [5.74, 6) is 0.350. The Morgan fingerprint density at radius 1 is 1.26 bits per heavy atom. The van der Waals surface area contributed by atoms with Gasteiger partial charge in [-0.3, -0.25) is 0 Å². The zero-order valence-electron chi connectivity index (χ0n) is 13.3. The van der Waals surface area contributed by atoms with E-state index in [1.54, 1.807) is 0 Å². The molecular formula is C17H23BrF3NO. The number of benzene rings is 1. The molecule has 0 saturated carbocycles. The van der Waals surface area contributed by atoms with Gasteiger partial charge in [0.25, 0.3) is 0 Å². The molecule has 0 bridgehead atoms. The molecule has 0 aliphatic carbocycles. The van der Waals surface area contributed by atoms with Crippen LogP contribution in [0.1, 0.15) is 31.7 Å². The Labute approximate surface area is 143 Å². The molecule has 1 unspecified atom stereocenters. The van der Waals surface area contributed by atoms with Gasteiger partial charge >= 0.3 is 6.18 Å². The summed E-state index contributed by atoms with van der Waals surface area (Å²) in [7, 11) is 0. The lowest BCUT2D eigenvalue weighted by Gasteiger charge is -2.24. The molecule has 0 saturated heterocycles. The first-order valence-corrected chi connectivity index (χ1v) is 8.32. The molecule has 0 aromatic heterocycles. The first-order chi connectivity index (χ1) is 10.6. The zero-order valence-corrected chi connectivity index (χ0v) is 14.9. The Morgan fingerprint density at radius 2 is 1.83 bits per heavy atom. The first kappa shape index (κ1) is 20.2. The van der Waals surface area contributed by atoms with Crippen molar-refractivity contribution in [3.8, 4) is 0 Å². The van der Waals surface area contributed by atoms with Crippen LogP contribution in [0.15, 0.2) is 40.9 Å². The lowest BCUT2D eigenvalue weighted by molar-refractivity contribution is -0.201. The molecule has 130 valence electrons. The molecule has 0 aliphatic rings. The van der Waals surface area contributed by atoms with Crippen molar-refractivity contribution in [2.45, 2.75) is 38.5 Å². The number of hydrogen-bond donors (Lipinski definition) is 2. The summed E-state index contributed by atoms with van der Waals surface area (Å²) >= 11 is 3.39. The van der Waals surface area contributed by atoms with Gasteiger partial charge in [0, 0.05) is 16.9 Å². The van der Waals surface area contributed by atoms with Crippen molar-refractivity contribution in [3.63, 3.8) is 0 Å². The minimum Gasteiger partial charge on any atom is -0.382 e. The van der Waals surface area contributed by atoms with Gasteiger partial charge in [0.1, 0.15) is 0 Å². The molecule has 0 radical (unpaired) electrons. The van der Waals surface area contributed by atoms with Crippen molar-refractivity contribution in [2.75, 3.05) is 13.1 Å². The van der Waals surface area contributed by atoms with Crippen LogP contribution in [0.4, 0.5) is 13.2 Å². The maximum atomic E-state index is 12.3. The standard InChI is InChI=1S/C17H23BrF3NO/c1-11(2)12(3)15(13-4-6-14(18)7-5-13)8-9-22-10-16(23)17(19,20)21/h4-7,11,15-16,22-23H,3,8-10H2,1-2H3/t15-,16?/m0/s1. The van der Waals surface area contributed by atoms with Crippen LogP contribution < -0.4 is 5.32 Å². The van der Waals surface area contributed by atoms with Crippen LogP contribution in [0.3, 0.4) is 0 Å². The Kier molecular flexibility index (Phi) is 7.77. The molecule has 1 aromatic carbocycles. The molecule has 0 fully saturated rings. The topological polar surface area (TPSA) is 32.3 Å². The first-order valence-electron chi connectivity index (χ1n) is 7.52. The molecule has 0 aliphatic heterocycles. The van der Waals surface area contributed by atoms with Gasteiger partial charge in [-0.05, 0) is 36.6 Å². The van der Waals surface area contributed by atoms with Crippen LogP contribution in [0.5, 0.6) is 0 Å². The molecule has 23 heavy (non-hydrogen) atoms. The highest BCUT2D eigenvalue weighted by atomic mass is 79.9. The van der Waals surface area contributed by atoms with Crippen LogP contribution in [-0.2, 0) is 0 Å². The predicted molar refractivity (Wildman–Crippen MR) is 90.4 cm³/mol. The van der Waals surface area contributed by atoms with Crippen LogP contribution in [0.2, 0.25) is 0 Å². The van der Waals surface area contributed by atoms with E-state index < -0.39 is 18.8 Å². The van der Waals surface area contributed by atoms with Crippen molar-refractivity contribution < 1.29 is 18.3 Å². The van der Waals surface area contributed by atoms with E-state index in [4.69, 9.17) is 5.11 Å². The highest BCUT2D eigenvalue weighted by Crippen LogP contribution is 2.32. The van der Waals surface area contributed by atoms with E-state index in [0.29, 0.717) is 13.0 Å². The van der Waals surface area contributed by atoms with Gasteiger partial charge in [-0.1, -0.05) is 54.1 Å². The summed E-state index contributed by atoms with van der Waals surface area (Å²) < 4.78 is 37.8. The normalized spacial score (nSPS) is 14.8. The van der Waals surface area contributed by atoms with Crippen molar-refractivity contribution in [3.05, 3.63) is 46.5 Å². The molecule has 1 aromatic rings. The zero-order chi connectivity index (χ0) is 17.6. The van der Waals surface area contributed by atoms with E-state index in [0.717, 1.165) is 15.6 Å². The Bertz CT molecular complexity index is 500. The predicted octanol–water partition coefficient (Wildman–Crippen LogP) is 4.65. The van der Waals surface area contributed by atoms with Crippen LogP contribution >= 0.6 is 15.9 Å². The molecular weight excluding hydrogens is 371 g/mol. The highest BCUT2D eigenvalue weighted by Gasteiger charge is 2.37. The van der Waals surface area contributed by atoms with Gasteiger partial charge in [-0.25, -0.2) is 0 Å². The maximum Gasteiger partial charge on any atom is 0.415 e. The van der Waals surface area contributed by atoms with E-state index in [-0.39, 0.29) is 11.8 Å². The number of hydrogen-bond acceptors (Lipinski definition) is 2. The fourth-order valence-electron chi connectivity index (χ4n) is 2.26. The van der Waals surface area contributed by atoms with Gasteiger partial charge in [-0.15, -0.1) is 0 Å². The van der Waals surface area contributed by atoms with Crippen molar-refractivity contribution in [2.24, 2.45) is 5.92 Å². The average molecular weight is 394 g/mol. The molecule has 6 heteroatoms. The quantitative estimate of drug-likeness (QED) is 0.497. The summed E-state index contributed by atoms with van der Waals surface area (Å²) in [5, 5.41) is 11.7. The number of halogens is 4. The molecule has 2 nitrogen and oxygen atoms in total. The van der Waals surface area contributed by atoms with Crippen molar-refractivity contribution >= 4 is 15.9 Å². The number of allylic oxidation sites excluding steroid dienone is 1. The Hall–Kier alpha value is -0.850. The van der Waals surface area contributed by atoms with Gasteiger partial charge < -0.3 is 10.4 Å². The fourth-order valence-corrected chi connectivity index (χ4v) is 2.53. The summed E-state index contributed by atoms with van der Waals surface area (Å²) in [6.45, 7) is 8.12. The molecule has 2 atom stereocenters.